The summed E-state index contributed by atoms with van der Waals surface area (Å²) in [6, 6.07) is 9.31. The molecular formula is C18H14FN3O2S. The molecule has 0 bridgehead atoms. The van der Waals surface area contributed by atoms with Crippen molar-refractivity contribution < 1.29 is 14.0 Å². The molecule has 0 spiro atoms. The molecule has 1 atom stereocenters. The van der Waals surface area contributed by atoms with Gasteiger partial charge in [-0.15, -0.1) is 0 Å². The summed E-state index contributed by atoms with van der Waals surface area (Å²) in [5.74, 6) is -0.467. The van der Waals surface area contributed by atoms with Crippen molar-refractivity contribution in [1.82, 2.24) is 9.55 Å². The Hall–Kier alpha value is -2.80. The van der Waals surface area contributed by atoms with E-state index in [1.807, 2.05) is 0 Å². The maximum absolute atomic E-state index is 13.3. The van der Waals surface area contributed by atoms with E-state index >= 15 is 0 Å². The van der Waals surface area contributed by atoms with Crippen LogP contribution in [0.25, 0.3) is 10.4 Å². The fourth-order valence-electron chi connectivity index (χ4n) is 2.99. The maximum Gasteiger partial charge on any atom is 0.249 e. The number of amides is 1. The number of benzene rings is 1. The largest absolute Gasteiger partial charge is 0.333 e. The fraction of sp³-hybridized carbons (Fsp3) is 0.167. The molecule has 3 aromatic rings. The van der Waals surface area contributed by atoms with Gasteiger partial charge in [0, 0.05) is 18.8 Å². The van der Waals surface area contributed by atoms with Crippen molar-refractivity contribution in [3.63, 3.8) is 0 Å². The summed E-state index contributed by atoms with van der Waals surface area (Å²) in [7, 11) is 0. The lowest BCUT2D eigenvalue weighted by Gasteiger charge is -2.24. The number of halogens is 1. The number of anilines is 1. The lowest BCUT2D eigenvalue weighted by atomic mass is 10.0. The van der Waals surface area contributed by atoms with Gasteiger partial charge in [-0.05, 0) is 36.2 Å². The second-order valence-corrected chi connectivity index (χ2v) is 6.84. The van der Waals surface area contributed by atoms with Gasteiger partial charge in [-0.2, -0.15) is 0 Å². The summed E-state index contributed by atoms with van der Waals surface area (Å²) in [6.45, 7) is 0. The van der Waals surface area contributed by atoms with Gasteiger partial charge in [-0.1, -0.05) is 23.5 Å². The van der Waals surface area contributed by atoms with Crippen LogP contribution in [-0.2, 0) is 4.79 Å². The molecule has 1 amide bonds. The Morgan fingerprint density at radius 1 is 1.32 bits per heavy atom. The molecule has 1 aromatic carbocycles. The van der Waals surface area contributed by atoms with E-state index in [0.29, 0.717) is 29.2 Å². The first-order valence-electron chi connectivity index (χ1n) is 7.84. The first-order valence-corrected chi connectivity index (χ1v) is 8.66. The average molecular weight is 355 g/mol. The number of carbonyl (C=O) groups excluding carboxylic acids is 2. The fourth-order valence-corrected chi connectivity index (χ4v) is 3.81. The van der Waals surface area contributed by atoms with Gasteiger partial charge in [0.1, 0.15) is 11.9 Å². The van der Waals surface area contributed by atoms with Gasteiger partial charge in [0.15, 0.2) is 10.9 Å². The van der Waals surface area contributed by atoms with Crippen molar-refractivity contribution >= 4 is 28.2 Å². The van der Waals surface area contributed by atoms with Gasteiger partial charge in [-0.25, -0.2) is 9.37 Å². The summed E-state index contributed by atoms with van der Waals surface area (Å²) in [6.07, 6.45) is 4.18. The third-order valence-corrected chi connectivity index (χ3v) is 5.15. The zero-order valence-electron chi connectivity index (χ0n) is 13.1. The number of hydrogen-bond donors (Lipinski definition) is 1. The van der Waals surface area contributed by atoms with Gasteiger partial charge < -0.3 is 9.88 Å². The molecular weight excluding hydrogens is 341 g/mol. The van der Waals surface area contributed by atoms with E-state index in [1.54, 1.807) is 41.2 Å². The molecule has 5 nitrogen and oxygen atoms in total. The van der Waals surface area contributed by atoms with Crippen molar-refractivity contribution in [2.24, 2.45) is 0 Å². The molecule has 7 heteroatoms. The molecule has 1 unspecified atom stereocenters. The SMILES string of the molecule is O=C1CCC(C(=O)Nc2ncc(-c3cccc(F)c3)s2)n2cccc21. The van der Waals surface area contributed by atoms with E-state index in [-0.39, 0.29) is 17.5 Å². The van der Waals surface area contributed by atoms with Crippen LogP contribution in [0, 0.1) is 5.82 Å². The van der Waals surface area contributed by atoms with E-state index in [4.69, 9.17) is 0 Å². The standard InChI is InChI=1S/C18H14FN3O2S/c19-12-4-1-3-11(9-12)16-10-20-18(25-16)21-17(24)14-6-7-15(23)13-5-2-8-22(13)14/h1-5,8-10,14H,6-7H2,(H,20,21,24). The topological polar surface area (TPSA) is 64.0 Å². The van der Waals surface area contributed by atoms with Gasteiger partial charge in [0.2, 0.25) is 5.91 Å². The molecule has 0 fully saturated rings. The Labute approximate surface area is 147 Å². The summed E-state index contributed by atoms with van der Waals surface area (Å²) in [4.78, 5) is 29.4. The normalized spacial score (nSPS) is 16.5. The smallest absolute Gasteiger partial charge is 0.249 e. The Bertz CT molecular complexity index is 963. The van der Waals surface area contributed by atoms with Crippen LogP contribution in [0.5, 0.6) is 0 Å². The Balaban J connectivity index is 1.53. The first kappa shape index (κ1) is 15.7. The van der Waals surface area contributed by atoms with E-state index < -0.39 is 6.04 Å². The molecule has 126 valence electrons. The summed E-state index contributed by atoms with van der Waals surface area (Å²) >= 11 is 1.28. The van der Waals surface area contributed by atoms with Gasteiger partial charge in [0.05, 0.1) is 10.6 Å². The van der Waals surface area contributed by atoms with Crippen molar-refractivity contribution in [2.45, 2.75) is 18.9 Å². The van der Waals surface area contributed by atoms with Crippen LogP contribution in [0.15, 0.2) is 48.8 Å². The van der Waals surface area contributed by atoms with Crippen LogP contribution < -0.4 is 5.32 Å². The average Bonchev–Trinajstić information content (AvgIpc) is 3.25. The quantitative estimate of drug-likeness (QED) is 0.775. The highest BCUT2D eigenvalue weighted by Crippen LogP contribution is 2.31. The second-order valence-electron chi connectivity index (χ2n) is 5.81. The molecule has 1 aliphatic rings. The third kappa shape index (κ3) is 2.98. The number of nitrogens with one attached hydrogen (secondary N) is 1. The lowest BCUT2D eigenvalue weighted by molar-refractivity contribution is -0.119. The maximum atomic E-state index is 13.3. The molecule has 2 aromatic heterocycles. The predicted octanol–water partition coefficient (Wildman–Crippen LogP) is 3.91. The zero-order chi connectivity index (χ0) is 17.4. The molecule has 0 saturated heterocycles. The van der Waals surface area contributed by atoms with E-state index in [9.17, 15) is 14.0 Å². The molecule has 3 heterocycles. The molecule has 0 aliphatic carbocycles. The third-order valence-electron chi connectivity index (χ3n) is 4.19. The van der Waals surface area contributed by atoms with Crippen LogP contribution in [-0.4, -0.2) is 21.2 Å². The molecule has 1 aliphatic heterocycles. The number of aromatic nitrogens is 2. The number of fused-ring (bicyclic) bond motifs is 1. The van der Waals surface area contributed by atoms with E-state index in [2.05, 4.69) is 10.3 Å². The number of nitrogens with zero attached hydrogens (tertiary/aromatic N) is 2. The minimum absolute atomic E-state index is 0.0525. The minimum Gasteiger partial charge on any atom is -0.333 e. The summed E-state index contributed by atoms with van der Waals surface area (Å²) < 4.78 is 15.0. The van der Waals surface area contributed by atoms with Crippen LogP contribution in [0.2, 0.25) is 0 Å². The van der Waals surface area contributed by atoms with Crippen LogP contribution in [0.4, 0.5) is 9.52 Å². The van der Waals surface area contributed by atoms with Crippen molar-refractivity contribution in [2.75, 3.05) is 5.32 Å². The van der Waals surface area contributed by atoms with Gasteiger partial charge in [0.25, 0.3) is 0 Å². The Morgan fingerprint density at radius 2 is 2.20 bits per heavy atom. The number of Topliss-reactive ketones (excluding diaryl/α,β-unsaturated/α-hetero) is 1. The first-order chi connectivity index (χ1) is 12.1. The lowest BCUT2D eigenvalue weighted by Crippen LogP contribution is -2.31. The number of ketones is 1. The van der Waals surface area contributed by atoms with Crippen LogP contribution >= 0.6 is 11.3 Å². The molecule has 25 heavy (non-hydrogen) atoms. The second kappa shape index (κ2) is 6.25. The number of thiazole rings is 1. The minimum atomic E-state index is -0.427. The van der Waals surface area contributed by atoms with Crippen molar-refractivity contribution in [3.05, 3.63) is 60.3 Å². The Kier molecular flexibility index (Phi) is 3.93. The molecule has 0 saturated carbocycles. The van der Waals surface area contributed by atoms with E-state index in [0.717, 1.165) is 4.88 Å². The summed E-state index contributed by atoms with van der Waals surface area (Å²) in [5.41, 5.74) is 1.28. The van der Waals surface area contributed by atoms with Crippen LogP contribution in [0.1, 0.15) is 29.4 Å². The van der Waals surface area contributed by atoms with Crippen molar-refractivity contribution in [1.29, 1.82) is 0 Å². The monoisotopic (exact) mass is 355 g/mol. The summed E-state index contributed by atoms with van der Waals surface area (Å²) in [5, 5.41) is 3.26. The highest BCUT2D eigenvalue weighted by atomic mass is 32.1. The molecule has 1 N–H and O–H groups in total. The highest BCUT2D eigenvalue weighted by molar-refractivity contribution is 7.19. The molecule has 0 radical (unpaired) electrons. The number of rotatable bonds is 3. The van der Waals surface area contributed by atoms with Gasteiger partial charge in [-0.3, -0.25) is 9.59 Å². The molecule has 4 rings (SSSR count). The predicted molar refractivity (Wildman–Crippen MR) is 93.2 cm³/mol. The number of carbonyl (C=O) groups is 2. The highest BCUT2D eigenvalue weighted by Gasteiger charge is 2.29. The van der Waals surface area contributed by atoms with Gasteiger partial charge >= 0.3 is 0 Å². The van der Waals surface area contributed by atoms with Crippen LogP contribution in [0.3, 0.4) is 0 Å². The zero-order valence-corrected chi connectivity index (χ0v) is 13.9. The van der Waals surface area contributed by atoms with E-state index in [1.165, 1.54) is 23.5 Å². The number of hydrogen-bond acceptors (Lipinski definition) is 4. The Morgan fingerprint density at radius 3 is 3.04 bits per heavy atom. The van der Waals surface area contributed by atoms with Crippen molar-refractivity contribution in [3.8, 4) is 10.4 Å².